The van der Waals surface area contributed by atoms with Crippen LogP contribution >= 0.6 is 0 Å². The predicted molar refractivity (Wildman–Crippen MR) is 85.3 cm³/mol. The molecule has 2 rings (SSSR count). The topological polar surface area (TPSA) is 24.5 Å². The second-order valence-electron chi connectivity index (χ2n) is 5.87. The molecule has 1 aliphatic heterocycles. The molecule has 1 heterocycles. The quantitative estimate of drug-likeness (QED) is 0.870. The van der Waals surface area contributed by atoms with Crippen LogP contribution in [0.4, 0.5) is 10.1 Å². The number of anilines is 1. The molecule has 1 saturated heterocycles. The monoisotopic (exact) mass is 294 g/mol. The third-order valence-electron chi connectivity index (χ3n) is 4.32. The summed E-state index contributed by atoms with van der Waals surface area (Å²) in [5.74, 6) is 0.495. The Labute approximate surface area is 127 Å². The van der Waals surface area contributed by atoms with Crippen LogP contribution in [0.25, 0.3) is 0 Å². The number of hydrogen-bond donors (Lipinski definition) is 1. The summed E-state index contributed by atoms with van der Waals surface area (Å²) in [4.78, 5) is 2.38. The van der Waals surface area contributed by atoms with Gasteiger partial charge in [-0.2, -0.15) is 0 Å². The van der Waals surface area contributed by atoms with Crippen molar-refractivity contribution in [3.05, 3.63) is 29.6 Å². The van der Waals surface area contributed by atoms with Crippen LogP contribution in [0.3, 0.4) is 0 Å². The van der Waals surface area contributed by atoms with Gasteiger partial charge >= 0.3 is 0 Å². The van der Waals surface area contributed by atoms with E-state index in [1.165, 1.54) is 5.69 Å². The van der Waals surface area contributed by atoms with E-state index in [0.29, 0.717) is 5.92 Å². The van der Waals surface area contributed by atoms with Gasteiger partial charge in [-0.05, 0) is 56.0 Å². The van der Waals surface area contributed by atoms with Crippen molar-refractivity contribution >= 4 is 5.69 Å². The van der Waals surface area contributed by atoms with E-state index in [9.17, 15) is 4.39 Å². The molecule has 118 valence electrons. The van der Waals surface area contributed by atoms with Crippen molar-refractivity contribution in [2.24, 2.45) is 5.92 Å². The maximum atomic E-state index is 13.6. The number of hydrogen-bond acceptors (Lipinski definition) is 3. The Hall–Kier alpha value is -1.13. The smallest absolute Gasteiger partial charge is 0.123 e. The molecule has 0 spiro atoms. The van der Waals surface area contributed by atoms with Gasteiger partial charge in [-0.25, -0.2) is 4.39 Å². The van der Waals surface area contributed by atoms with Crippen molar-refractivity contribution in [3.63, 3.8) is 0 Å². The number of ether oxygens (including phenoxy) is 1. The van der Waals surface area contributed by atoms with Gasteiger partial charge in [0.05, 0.1) is 0 Å². The lowest BCUT2D eigenvalue weighted by Gasteiger charge is -2.35. The average Bonchev–Trinajstić information content (AvgIpc) is 2.49. The molecule has 21 heavy (non-hydrogen) atoms. The first-order chi connectivity index (χ1) is 10.2. The second kappa shape index (κ2) is 7.76. The highest BCUT2D eigenvalue weighted by molar-refractivity contribution is 5.55. The zero-order chi connectivity index (χ0) is 15.2. The summed E-state index contributed by atoms with van der Waals surface area (Å²) in [7, 11) is 1.77. The molecule has 0 aliphatic carbocycles. The van der Waals surface area contributed by atoms with Gasteiger partial charge in [0.25, 0.3) is 0 Å². The lowest BCUT2D eigenvalue weighted by atomic mass is 9.96. The number of nitrogens with one attached hydrogen (secondary N) is 1. The zero-order valence-electron chi connectivity index (χ0n) is 13.4. The highest BCUT2D eigenvalue weighted by Crippen LogP contribution is 2.30. The van der Waals surface area contributed by atoms with E-state index in [-0.39, 0.29) is 11.9 Å². The minimum Gasteiger partial charge on any atom is -0.384 e. The van der Waals surface area contributed by atoms with Crippen LogP contribution in [0, 0.1) is 11.7 Å². The first-order valence-corrected chi connectivity index (χ1v) is 7.92. The molecule has 4 heteroatoms. The molecular formula is C17H27FN2O. The van der Waals surface area contributed by atoms with E-state index >= 15 is 0 Å². The van der Waals surface area contributed by atoms with Gasteiger partial charge < -0.3 is 15.0 Å². The Kier molecular flexibility index (Phi) is 6.00. The van der Waals surface area contributed by atoms with Crippen molar-refractivity contribution in [1.29, 1.82) is 0 Å². The van der Waals surface area contributed by atoms with Crippen molar-refractivity contribution < 1.29 is 9.13 Å². The maximum absolute atomic E-state index is 13.6. The lowest BCUT2D eigenvalue weighted by Crippen LogP contribution is -2.36. The first kappa shape index (κ1) is 16.2. The fourth-order valence-electron chi connectivity index (χ4n) is 3.15. The van der Waals surface area contributed by atoms with Crippen LogP contribution < -0.4 is 10.2 Å². The molecule has 3 nitrogen and oxygen atoms in total. The molecule has 1 aromatic rings. The number of halogens is 1. The molecule has 1 atom stereocenters. The molecule has 0 bridgehead atoms. The van der Waals surface area contributed by atoms with E-state index in [4.69, 9.17) is 4.74 Å². The molecule has 1 unspecified atom stereocenters. The fraction of sp³-hybridized carbons (Fsp3) is 0.647. The summed E-state index contributed by atoms with van der Waals surface area (Å²) < 4.78 is 18.9. The molecule has 1 N–H and O–H groups in total. The zero-order valence-corrected chi connectivity index (χ0v) is 13.4. The molecule has 1 aliphatic rings. The Bertz CT molecular complexity index is 444. The van der Waals surface area contributed by atoms with Crippen molar-refractivity contribution in [1.82, 2.24) is 5.32 Å². The Balaban J connectivity index is 2.12. The molecule has 0 aromatic heterocycles. The predicted octanol–water partition coefficient (Wildman–Crippen LogP) is 3.36. The summed E-state index contributed by atoms with van der Waals surface area (Å²) >= 11 is 0. The van der Waals surface area contributed by atoms with Gasteiger partial charge in [-0.15, -0.1) is 0 Å². The minimum atomic E-state index is -0.159. The first-order valence-electron chi connectivity index (χ1n) is 7.92. The van der Waals surface area contributed by atoms with Crippen LogP contribution in [0.15, 0.2) is 18.2 Å². The van der Waals surface area contributed by atoms with Crippen LogP contribution in [0.5, 0.6) is 0 Å². The minimum absolute atomic E-state index is 0.159. The van der Waals surface area contributed by atoms with Gasteiger partial charge in [-0.1, -0.05) is 6.92 Å². The Morgan fingerprint density at radius 3 is 2.71 bits per heavy atom. The largest absolute Gasteiger partial charge is 0.384 e. The standard InChI is InChI=1S/C17H27FN2O/c1-4-19-13(2)16-11-15(18)5-6-17(16)20-9-7-14(8-10-20)12-21-3/h5-6,11,13-14,19H,4,7-10,12H2,1-3H3. The summed E-state index contributed by atoms with van der Waals surface area (Å²) in [6.07, 6.45) is 2.28. The normalized spacial score (nSPS) is 18.0. The number of piperidine rings is 1. The van der Waals surface area contributed by atoms with Crippen molar-refractivity contribution in [2.75, 3.05) is 38.3 Å². The van der Waals surface area contributed by atoms with Crippen LogP contribution in [0.1, 0.15) is 38.3 Å². The van der Waals surface area contributed by atoms with E-state index in [1.807, 2.05) is 6.07 Å². The summed E-state index contributed by atoms with van der Waals surface area (Å²) in [6.45, 7) is 7.94. The SMILES string of the molecule is CCNC(C)c1cc(F)ccc1N1CCC(COC)CC1. The average molecular weight is 294 g/mol. The van der Waals surface area contributed by atoms with Crippen LogP contribution in [-0.4, -0.2) is 33.4 Å². The number of benzene rings is 1. The molecule has 0 saturated carbocycles. The molecule has 0 radical (unpaired) electrons. The Morgan fingerprint density at radius 1 is 1.38 bits per heavy atom. The van der Waals surface area contributed by atoms with Gasteiger partial charge in [0.1, 0.15) is 5.82 Å². The number of nitrogens with zero attached hydrogens (tertiary/aromatic N) is 1. The van der Waals surface area contributed by atoms with E-state index in [2.05, 4.69) is 24.1 Å². The number of rotatable bonds is 6. The van der Waals surface area contributed by atoms with Crippen LogP contribution in [-0.2, 0) is 4.74 Å². The van der Waals surface area contributed by atoms with E-state index in [1.54, 1.807) is 19.2 Å². The van der Waals surface area contributed by atoms with Crippen LogP contribution in [0.2, 0.25) is 0 Å². The maximum Gasteiger partial charge on any atom is 0.123 e. The van der Waals surface area contributed by atoms with Gasteiger partial charge in [0.2, 0.25) is 0 Å². The van der Waals surface area contributed by atoms with Gasteiger partial charge in [0.15, 0.2) is 0 Å². The van der Waals surface area contributed by atoms with Gasteiger partial charge in [0, 0.05) is 38.5 Å². The third-order valence-corrected chi connectivity index (χ3v) is 4.32. The summed E-state index contributed by atoms with van der Waals surface area (Å²) in [6, 6.07) is 5.33. The van der Waals surface area contributed by atoms with E-state index < -0.39 is 0 Å². The molecule has 1 aromatic carbocycles. The highest BCUT2D eigenvalue weighted by Gasteiger charge is 2.22. The summed E-state index contributed by atoms with van der Waals surface area (Å²) in [5.41, 5.74) is 2.22. The molecule has 0 amide bonds. The van der Waals surface area contributed by atoms with Crippen molar-refractivity contribution in [2.45, 2.75) is 32.7 Å². The fourth-order valence-corrected chi connectivity index (χ4v) is 3.15. The van der Waals surface area contributed by atoms with Gasteiger partial charge in [-0.3, -0.25) is 0 Å². The van der Waals surface area contributed by atoms with E-state index in [0.717, 1.165) is 44.6 Å². The molecule has 1 fully saturated rings. The molecular weight excluding hydrogens is 267 g/mol. The Morgan fingerprint density at radius 2 is 2.10 bits per heavy atom. The lowest BCUT2D eigenvalue weighted by molar-refractivity contribution is 0.139. The second-order valence-corrected chi connectivity index (χ2v) is 5.87. The third kappa shape index (κ3) is 4.17. The van der Waals surface area contributed by atoms with Crippen molar-refractivity contribution in [3.8, 4) is 0 Å². The number of methoxy groups -OCH3 is 1. The summed E-state index contributed by atoms with van der Waals surface area (Å²) in [5, 5.41) is 3.38. The highest BCUT2D eigenvalue weighted by atomic mass is 19.1.